The van der Waals surface area contributed by atoms with Crippen molar-refractivity contribution in [2.75, 3.05) is 18.0 Å². The van der Waals surface area contributed by atoms with E-state index < -0.39 is 0 Å². The lowest BCUT2D eigenvalue weighted by atomic mass is 10.2. The molecule has 5 heteroatoms. The molecule has 0 aliphatic carbocycles. The number of anilines is 1. The second kappa shape index (κ2) is 11.5. The molecule has 0 saturated carbocycles. The third-order valence-corrected chi connectivity index (χ3v) is 3.93. The van der Waals surface area contributed by atoms with Gasteiger partial charge in [0.05, 0.1) is 13.1 Å². The number of halogens is 2. The molecule has 2 heterocycles. The van der Waals surface area contributed by atoms with Crippen molar-refractivity contribution < 1.29 is 33.9 Å². The van der Waals surface area contributed by atoms with Crippen LogP contribution in [0.25, 0.3) is 0 Å². The molecule has 132 valence electrons. The summed E-state index contributed by atoms with van der Waals surface area (Å²) in [5.41, 5.74) is 1.28. The number of hydrogen-bond donors (Lipinski definition) is 0. The summed E-state index contributed by atoms with van der Waals surface area (Å²) in [6, 6.07) is 23.1. The summed E-state index contributed by atoms with van der Waals surface area (Å²) in [6.07, 6.45) is 8.48. The molecule has 3 nitrogen and oxygen atoms in total. The molecule has 2 aromatic heterocycles. The van der Waals surface area contributed by atoms with E-state index >= 15 is 0 Å². The molecule has 25 heavy (non-hydrogen) atoms. The van der Waals surface area contributed by atoms with Crippen LogP contribution in [-0.2, 0) is 13.1 Å². The average Bonchev–Trinajstić information content (AvgIpc) is 2.64. The largest absolute Gasteiger partial charge is 1.00 e. The number of hydrogen-bond acceptors (Lipinski definition) is 1. The van der Waals surface area contributed by atoms with E-state index in [2.05, 4.69) is 106 Å². The Morgan fingerprint density at radius 1 is 0.560 bits per heavy atom. The van der Waals surface area contributed by atoms with Gasteiger partial charge in [0, 0.05) is 30.0 Å². The minimum Gasteiger partial charge on any atom is -1.00 e. The molecule has 0 bridgehead atoms. The van der Waals surface area contributed by atoms with E-state index in [1.165, 1.54) is 5.69 Å². The van der Waals surface area contributed by atoms with Gasteiger partial charge >= 0.3 is 0 Å². The van der Waals surface area contributed by atoms with Crippen LogP contribution >= 0.6 is 0 Å². The van der Waals surface area contributed by atoms with Gasteiger partial charge in [0.1, 0.15) is 0 Å². The van der Waals surface area contributed by atoms with Gasteiger partial charge in [-0.05, 0) is 12.1 Å². The fraction of sp³-hybridized carbons (Fsp3) is 0.200. The zero-order valence-electron chi connectivity index (χ0n) is 14.1. The van der Waals surface area contributed by atoms with Crippen LogP contribution in [0.3, 0.4) is 0 Å². The predicted octanol–water partition coefficient (Wildman–Crippen LogP) is -3.52. The Balaban J connectivity index is 0.00000156. The zero-order valence-corrected chi connectivity index (χ0v) is 15.6. The lowest BCUT2D eigenvalue weighted by molar-refractivity contribution is -0.697. The van der Waals surface area contributed by atoms with E-state index in [-0.39, 0.29) is 24.8 Å². The highest BCUT2D eigenvalue weighted by molar-refractivity contribution is 5.45. The maximum Gasteiger partial charge on any atom is 0.168 e. The molecule has 0 fully saturated rings. The van der Waals surface area contributed by atoms with Crippen molar-refractivity contribution in [2.45, 2.75) is 13.1 Å². The smallest absolute Gasteiger partial charge is 0.168 e. The van der Waals surface area contributed by atoms with Gasteiger partial charge in [0.15, 0.2) is 37.9 Å². The number of para-hydroxylation sites is 1. The Labute approximate surface area is 162 Å². The zero-order chi connectivity index (χ0) is 15.7. The van der Waals surface area contributed by atoms with Gasteiger partial charge in [-0.2, -0.15) is 0 Å². The molecular weight excluding hydrogens is 353 g/mol. The first kappa shape index (κ1) is 20.9. The SMILES string of the molecule is [Cl-].[Cl-].c1ccc(N(CC[n+]2ccccc2)CC[n+]2ccccc2)cc1. The van der Waals surface area contributed by atoms with E-state index in [0.717, 1.165) is 26.2 Å². The lowest BCUT2D eigenvalue weighted by Crippen LogP contribution is -3.00. The van der Waals surface area contributed by atoms with Gasteiger partial charge in [-0.15, -0.1) is 0 Å². The lowest BCUT2D eigenvalue weighted by Gasteiger charge is -2.22. The molecule has 0 saturated heterocycles. The molecule has 0 aliphatic heterocycles. The summed E-state index contributed by atoms with van der Waals surface area (Å²) in [4.78, 5) is 2.44. The topological polar surface area (TPSA) is 11.0 Å². The molecule has 0 spiro atoms. The quantitative estimate of drug-likeness (QED) is 0.389. The summed E-state index contributed by atoms with van der Waals surface area (Å²) < 4.78 is 4.46. The van der Waals surface area contributed by atoms with Crippen molar-refractivity contribution >= 4 is 5.69 Å². The van der Waals surface area contributed by atoms with Crippen LogP contribution < -0.4 is 38.8 Å². The summed E-state index contributed by atoms with van der Waals surface area (Å²) in [5, 5.41) is 0. The monoisotopic (exact) mass is 375 g/mol. The van der Waals surface area contributed by atoms with Gasteiger partial charge in [-0.25, -0.2) is 9.13 Å². The molecule has 0 radical (unpaired) electrons. The second-order valence-electron chi connectivity index (χ2n) is 5.55. The maximum atomic E-state index is 2.44. The minimum absolute atomic E-state index is 0. The highest BCUT2D eigenvalue weighted by Gasteiger charge is 2.11. The second-order valence-corrected chi connectivity index (χ2v) is 5.55. The first-order valence-corrected chi connectivity index (χ1v) is 8.10. The number of pyridine rings is 2. The molecule has 0 aliphatic rings. The molecular formula is C20H23Cl2N3. The van der Waals surface area contributed by atoms with Gasteiger partial charge in [-0.1, -0.05) is 30.3 Å². The number of aromatic nitrogens is 2. The Morgan fingerprint density at radius 3 is 1.40 bits per heavy atom. The predicted molar refractivity (Wildman–Crippen MR) is 91.9 cm³/mol. The van der Waals surface area contributed by atoms with Crippen molar-refractivity contribution in [3.8, 4) is 0 Å². The Morgan fingerprint density at radius 2 is 0.960 bits per heavy atom. The highest BCUT2D eigenvalue weighted by atomic mass is 35.5. The van der Waals surface area contributed by atoms with Crippen LogP contribution in [-0.4, -0.2) is 13.1 Å². The fourth-order valence-electron chi connectivity index (χ4n) is 2.65. The van der Waals surface area contributed by atoms with E-state index in [0.29, 0.717) is 0 Å². The van der Waals surface area contributed by atoms with Gasteiger partial charge < -0.3 is 29.7 Å². The van der Waals surface area contributed by atoms with Crippen LogP contribution in [0, 0.1) is 0 Å². The van der Waals surface area contributed by atoms with Crippen molar-refractivity contribution in [1.82, 2.24) is 0 Å². The first-order chi connectivity index (χ1) is 11.4. The summed E-state index contributed by atoms with van der Waals surface area (Å²) in [5.74, 6) is 0. The van der Waals surface area contributed by atoms with Crippen LogP contribution in [0.5, 0.6) is 0 Å². The minimum atomic E-state index is 0. The number of benzene rings is 1. The summed E-state index contributed by atoms with van der Waals surface area (Å²) in [7, 11) is 0. The number of nitrogens with zero attached hydrogens (tertiary/aromatic N) is 3. The molecule has 0 N–H and O–H groups in total. The first-order valence-electron chi connectivity index (χ1n) is 8.10. The molecule has 3 rings (SSSR count). The van der Waals surface area contributed by atoms with Crippen LogP contribution in [0.4, 0.5) is 5.69 Å². The van der Waals surface area contributed by atoms with Gasteiger partial charge in [0.25, 0.3) is 0 Å². The molecule has 0 atom stereocenters. The molecule has 3 aromatic rings. The van der Waals surface area contributed by atoms with Crippen molar-refractivity contribution in [3.63, 3.8) is 0 Å². The maximum absolute atomic E-state index is 2.44. The van der Waals surface area contributed by atoms with Crippen LogP contribution in [0.2, 0.25) is 0 Å². The van der Waals surface area contributed by atoms with Gasteiger partial charge in [0.2, 0.25) is 0 Å². The summed E-state index contributed by atoms with van der Waals surface area (Å²) >= 11 is 0. The standard InChI is InChI=1S/C20H23N3.2ClH/c1-4-10-20(11-5-1)23(18-16-21-12-6-2-7-13-21)19-17-22-14-8-3-9-15-22;;/h1-15H,16-19H2;2*1H/q+2;;/p-2. The fourth-order valence-corrected chi connectivity index (χ4v) is 2.65. The van der Waals surface area contributed by atoms with Gasteiger partial charge in [-0.3, -0.25) is 0 Å². The average molecular weight is 376 g/mol. The van der Waals surface area contributed by atoms with E-state index in [1.54, 1.807) is 0 Å². The van der Waals surface area contributed by atoms with Crippen molar-refractivity contribution in [1.29, 1.82) is 0 Å². The van der Waals surface area contributed by atoms with E-state index in [1.807, 2.05) is 0 Å². The molecule has 0 amide bonds. The normalized spacial score (nSPS) is 9.60. The van der Waals surface area contributed by atoms with E-state index in [9.17, 15) is 0 Å². The van der Waals surface area contributed by atoms with E-state index in [4.69, 9.17) is 0 Å². The molecule has 1 aromatic carbocycles. The Bertz CT molecular complexity index is 650. The van der Waals surface area contributed by atoms with Crippen LogP contribution in [0.1, 0.15) is 0 Å². The number of rotatable bonds is 7. The Kier molecular flexibility index (Phi) is 9.60. The Hall–Kier alpha value is -2.10. The van der Waals surface area contributed by atoms with Crippen molar-refractivity contribution in [3.05, 3.63) is 91.5 Å². The third kappa shape index (κ3) is 6.73. The highest BCUT2D eigenvalue weighted by Crippen LogP contribution is 2.12. The summed E-state index contributed by atoms with van der Waals surface area (Å²) in [6.45, 7) is 3.95. The third-order valence-electron chi connectivity index (χ3n) is 3.93. The molecule has 0 unspecified atom stereocenters. The van der Waals surface area contributed by atoms with Crippen molar-refractivity contribution in [2.24, 2.45) is 0 Å². The van der Waals surface area contributed by atoms with Crippen LogP contribution in [0.15, 0.2) is 91.5 Å².